The van der Waals surface area contributed by atoms with E-state index in [2.05, 4.69) is 10.0 Å². The van der Waals surface area contributed by atoms with Crippen molar-refractivity contribution in [2.24, 2.45) is 5.92 Å². The summed E-state index contributed by atoms with van der Waals surface area (Å²) in [7, 11) is -1.70. The fourth-order valence-electron chi connectivity index (χ4n) is 2.32. The molecule has 20 heavy (non-hydrogen) atoms. The molecular weight excluding hydrogens is 296 g/mol. The molecule has 0 heterocycles. The van der Waals surface area contributed by atoms with Crippen molar-refractivity contribution in [2.75, 3.05) is 13.6 Å². The van der Waals surface area contributed by atoms with E-state index < -0.39 is 10.0 Å². The summed E-state index contributed by atoms with van der Waals surface area (Å²) in [6, 6.07) is 5.09. The maximum atomic E-state index is 12.3. The number of benzene rings is 1. The van der Waals surface area contributed by atoms with Crippen molar-refractivity contribution >= 4 is 21.6 Å². The molecular formula is C14H21ClN2O2S. The quantitative estimate of drug-likeness (QED) is 0.812. The molecule has 0 atom stereocenters. The van der Waals surface area contributed by atoms with Gasteiger partial charge in [-0.1, -0.05) is 36.9 Å². The molecule has 0 aromatic heterocycles. The van der Waals surface area contributed by atoms with E-state index in [4.69, 9.17) is 11.6 Å². The first-order valence-electron chi connectivity index (χ1n) is 6.95. The second-order valence-corrected chi connectivity index (χ2v) is 7.42. The Kier molecular flexibility index (Phi) is 5.43. The predicted octanol–water partition coefficient (Wildman–Crippen LogP) is 2.53. The summed E-state index contributed by atoms with van der Waals surface area (Å²) in [5.74, 6) is 0.684. The van der Waals surface area contributed by atoms with E-state index >= 15 is 0 Å². The molecule has 2 N–H and O–H groups in total. The van der Waals surface area contributed by atoms with Gasteiger partial charge in [-0.15, -0.1) is 0 Å². The van der Waals surface area contributed by atoms with Crippen LogP contribution in [0, 0.1) is 5.92 Å². The van der Waals surface area contributed by atoms with E-state index in [1.165, 1.54) is 19.3 Å². The molecule has 0 amide bonds. The zero-order valence-corrected chi connectivity index (χ0v) is 13.2. The maximum Gasteiger partial charge on any atom is 0.242 e. The van der Waals surface area contributed by atoms with E-state index in [1.807, 2.05) is 13.1 Å². The molecule has 2 rings (SSSR count). The summed E-state index contributed by atoms with van der Waals surface area (Å²) in [6.45, 7) is 1.10. The number of hydrogen-bond donors (Lipinski definition) is 2. The van der Waals surface area contributed by atoms with E-state index in [9.17, 15) is 8.42 Å². The van der Waals surface area contributed by atoms with Gasteiger partial charge in [-0.3, -0.25) is 0 Å². The highest BCUT2D eigenvalue weighted by Crippen LogP contribution is 2.29. The SMILES string of the molecule is CNCc1ccc(Cl)c(S(=O)(=O)NCCC2CCC2)c1. The molecule has 112 valence electrons. The van der Waals surface area contributed by atoms with Crippen LogP contribution >= 0.6 is 11.6 Å². The monoisotopic (exact) mass is 316 g/mol. The van der Waals surface area contributed by atoms with Crippen LogP contribution in [0.15, 0.2) is 23.1 Å². The molecule has 1 fully saturated rings. The predicted molar refractivity (Wildman–Crippen MR) is 81.4 cm³/mol. The minimum absolute atomic E-state index is 0.167. The topological polar surface area (TPSA) is 58.2 Å². The highest BCUT2D eigenvalue weighted by atomic mass is 35.5. The lowest BCUT2D eigenvalue weighted by molar-refractivity contribution is 0.297. The molecule has 6 heteroatoms. The fourth-order valence-corrected chi connectivity index (χ4v) is 3.92. The summed E-state index contributed by atoms with van der Waals surface area (Å²) < 4.78 is 27.2. The molecule has 0 spiro atoms. The van der Waals surface area contributed by atoms with Crippen LogP contribution in [-0.4, -0.2) is 22.0 Å². The Morgan fingerprint density at radius 3 is 2.70 bits per heavy atom. The van der Waals surface area contributed by atoms with Crippen LogP contribution in [0.1, 0.15) is 31.2 Å². The minimum atomic E-state index is -3.52. The second-order valence-electron chi connectivity index (χ2n) is 5.28. The van der Waals surface area contributed by atoms with E-state index in [0.717, 1.165) is 12.0 Å². The molecule has 1 saturated carbocycles. The molecule has 0 radical (unpaired) electrons. The van der Waals surface area contributed by atoms with Crippen LogP contribution in [0.2, 0.25) is 5.02 Å². The summed E-state index contributed by atoms with van der Waals surface area (Å²) in [6.07, 6.45) is 4.63. The van der Waals surface area contributed by atoms with Gasteiger partial charge in [-0.05, 0) is 37.1 Å². The largest absolute Gasteiger partial charge is 0.316 e. The number of sulfonamides is 1. The fraction of sp³-hybridized carbons (Fsp3) is 0.571. The average Bonchev–Trinajstić information content (AvgIpc) is 2.35. The van der Waals surface area contributed by atoms with Gasteiger partial charge in [0.05, 0.1) is 5.02 Å². The number of rotatable bonds is 7. The van der Waals surface area contributed by atoms with Crippen molar-refractivity contribution in [1.29, 1.82) is 0 Å². The zero-order chi connectivity index (χ0) is 14.6. The molecule has 1 aliphatic rings. The Morgan fingerprint density at radius 1 is 1.35 bits per heavy atom. The Morgan fingerprint density at radius 2 is 2.10 bits per heavy atom. The first-order valence-corrected chi connectivity index (χ1v) is 8.82. The summed E-state index contributed by atoms with van der Waals surface area (Å²) >= 11 is 6.02. The van der Waals surface area contributed by atoms with Gasteiger partial charge in [0.25, 0.3) is 0 Å². The van der Waals surface area contributed by atoms with Crippen molar-refractivity contribution in [3.05, 3.63) is 28.8 Å². The third kappa shape index (κ3) is 3.95. The molecule has 4 nitrogen and oxygen atoms in total. The Bertz CT molecular complexity index is 556. The van der Waals surface area contributed by atoms with Crippen molar-refractivity contribution in [1.82, 2.24) is 10.0 Å². The standard InChI is InChI=1S/C14H21ClN2O2S/c1-16-10-12-5-6-13(15)14(9-12)20(18,19)17-8-7-11-3-2-4-11/h5-6,9,11,16-17H,2-4,7-8,10H2,1H3. The lowest BCUT2D eigenvalue weighted by atomic mass is 9.83. The lowest BCUT2D eigenvalue weighted by Gasteiger charge is -2.25. The summed E-state index contributed by atoms with van der Waals surface area (Å²) in [5, 5.41) is 3.26. The van der Waals surface area contributed by atoms with Gasteiger partial charge in [0, 0.05) is 13.1 Å². The molecule has 0 aliphatic heterocycles. The third-order valence-corrected chi connectivity index (χ3v) is 5.68. The molecule has 1 aliphatic carbocycles. The van der Waals surface area contributed by atoms with Crippen LogP contribution in [-0.2, 0) is 16.6 Å². The van der Waals surface area contributed by atoms with Crippen molar-refractivity contribution in [3.8, 4) is 0 Å². The lowest BCUT2D eigenvalue weighted by Crippen LogP contribution is -2.28. The first kappa shape index (κ1) is 15.8. The van der Waals surface area contributed by atoms with Gasteiger partial charge in [-0.2, -0.15) is 0 Å². The average molecular weight is 317 g/mol. The molecule has 1 aromatic rings. The van der Waals surface area contributed by atoms with Crippen LogP contribution in [0.3, 0.4) is 0 Å². The van der Waals surface area contributed by atoms with Crippen molar-refractivity contribution < 1.29 is 8.42 Å². The Balaban J connectivity index is 2.04. The van der Waals surface area contributed by atoms with Gasteiger partial charge in [0.15, 0.2) is 0 Å². The van der Waals surface area contributed by atoms with Gasteiger partial charge >= 0.3 is 0 Å². The van der Waals surface area contributed by atoms with Gasteiger partial charge < -0.3 is 5.32 Å². The molecule has 1 aromatic carbocycles. The maximum absolute atomic E-state index is 12.3. The number of nitrogens with one attached hydrogen (secondary N) is 2. The van der Waals surface area contributed by atoms with Crippen LogP contribution in [0.25, 0.3) is 0 Å². The molecule has 0 unspecified atom stereocenters. The normalized spacial score (nSPS) is 16.1. The van der Waals surface area contributed by atoms with Crippen LogP contribution in [0.5, 0.6) is 0 Å². The van der Waals surface area contributed by atoms with Gasteiger partial charge in [-0.25, -0.2) is 13.1 Å². The van der Waals surface area contributed by atoms with Crippen LogP contribution < -0.4 is 10.0 Å². The highest BCUT2D eigenvalue weighted by molar-refractivity contribution is 7.89. The van der Waals surface area contributed by atoms with Gasteiger partial charge in [0.1, 0.15) is 4.90 Å². The third-order valence-electron chi connectivity index (χ3n) is 3.74. The number of hydrogen-bond acceptors (Lipinski definition) is 3. The molecule has 0 saturated heterocycles. The van der Waals surface area contributed by atoms with Crippen molar-refractivity contribution in [3.63, 3.8) is 0 Å². The zero-order valence-electron chi connectivity index (χ0n) is 11.7. The summed E-state index contributed by atoms with van der Waals surface area (Å²) in [4.78, 5) is 0.167. The highest BCUT2D eigenvalue weighted by Gasteiger charge is 2.21. The minimum Gasteiger partial charge on any atom is -0.316 e. The van der Waals surface area contributed by atoms with E-state index in [-0.39, 0.29) is 9.92 Å². The first-order chi connectivity index (χ1) is 9.53. The Hall–Kier alpha value is -0.620. The van der Waals surface area contributed by atoms with E-state index in [0.29, 0.717) is 19.0 Å². The van der Waals surface area contributed by atoms with Gasteiger partial charge in [0.2, 0.25) is 10.0 Å². The Labute approximate surface area is 126 Å². The second kappa shape index (κ2) is 6.89. The van der Waals surface area contributed by atoms with E-state index in [1.54, 1.807) is 12.1 Å². The van der Waals surface area contributed by atoms with Crippen LogP contribution in [0.4, 0.5) is 0 Å². The smallest absolute Gasteiger partial charge is 0.242 e. The summed E-state index contributed by atoms with van der Waals surface area (Å²) in [5.41, 5.74) is 0.899. The molecule has 0 bridgehead atoms. The number of halogens is 1. The van der Waals surface area contributed by atoms with Crippen molar-refractivity contribution in [2.45, 2.75) is 37.1 Å².